The summed E-state index contributed by atoms with van der Waals surface area (Å²) >= 11 is 0. The lowest BCUT2D eigenvalue weighted by molar-refractivity contribution is -0.883. The Kier molecular flexibility index (Phi) is 3.75. The maximum Gasteiger partial charge on any atom is 0.260 e. The minimum Gasteiger partial charge on any atom is -0.360 e. The van der Waals surface area contributed by atoms with Crippen molar-refractivity contribution in [3.63, 3.8) is 0 Å². The van der Waals surface area contributed by atoms with Crippen LogP contribution in [0.1, 0.15) is 16.1 Å². The largest absolute Gasteiger partial charge is 0.360 e. The number of carbonyl (C=O) groups excluding carboxylic acids is 1. The standard InChI is InChI=1S/C16H19N3O2/c1-12-14(16(20)19-10-8-18(2)9-11-19)15(17-21-12)13-6-4-3-5-7-13/h3-7H,8-11H2,1-2H3/p+1. The molecular formula is C16H20N3O2+. The van der Waals surface area contributed by atoms with Crippen molar-refractivity contribution in [1.82, 2.24) is 10.1 Å². The number of likely N-dealkylation sites (N-methyl/N-ethyl adjacent to an activating group) is 1. The van der Waals surface area contributed by atoms with Crippen molar-refractivity contribution in [3.05, 3.63) is 41.7 Å². The van der Waals surface area contributed by atoms with Crippen molar-refractivity contribution in [3.8, 4) is 11.3 Å². The highest BCUT2D eigenvalue weighted by Gasteiger charge is 2.28. The Morgan fingerprint density at radius 1 is 1.24 bits per heavy atom. The second-order valence-corrected chi connectivity index (χ2v) is 5.58. The first-order valence-corrected chi connectivity index (χ1v) is 7.29. The monoisotopic (exact) mass is 286 g/mol. The van der Waals surface area contributed by atoms with Gasteiger partial charge in [0.15, 0.2) is 0 Å². The zero-order valence-electron chi connectivity index (χ0n) is 12.4. The van der Waals surface area contributed by atoms with Crippen LogP contribution in [-0.2, 0) is 0 Å². The molecule has 5 nitrogen and oxygen atoms in total. The van der Waals surface area contributed by atoms with Gasteiger partial charge in [-0.15, -0.1) is 0 Å². The van der Waals surface area contributed by atoms with E-state index in [-0.39, 0.29) is 5.91 Å². The molecule has 1 fully saturated rings. The van der Waals surface area contributed by atoms with Gasteiger partial charge in [-0.05, 0) is 6.92 Å². The van der Waals surface area contributed by atoms with Crippen molar-refractivity contribution < 1.29 is 14.2 Å². The van der Waals surface area contributed by atoms with Gasteiger partial charge in [-0.1, -0.05) is 35.5 Å². The Balaban J connectivity index is 1.92. The molecule has 1 N–H and O–H groups in total. The van der Waals surface area contributed by atoms with Crippen molar-refractivity contribution in [2.45, 2.75) is 6.92 Å². The van der Waals surface area contributed by atoms with Crippen LogP contribution in [0.3, 0.4) is 0 Å². The molecule has 110 valence electrons. The Labute approximate surface area is 124 Å². The molecule has 5 heteroatoms. The molecular weight excluding hydrogens is 266 g/mol. The zero-order valence-corrected chi connectivity index (χ0v) is 12.4. The van der Waals surface area contributed by atoms with Crippen molar-refractivity contribution in [2.24, 2.45) is 0 Å². The number of nitrogens with zero attached hydrogens (tertiary/aromatic N) is 2. The second-order valence-electron chi connectivity index (χ2n) is 5.58. The van der Waals surface area contributed by atoms with Gasteiger partial charge in [-0.3, -0.25) is 4.79 Å². The molecule has 1 aromatic carbocycles. The molecule has 3 rings (SSSR count). The number of piperazine rings is 1. The predicted molar refractivity (Wildman–Crippen MR) is 79.2 cm³/mol. The van der Waals surface area contributed by atoms with Crippen molar-refractivity contribution >= 4 is 5.91 Å². The second kappa shape index (κ2) is 5.69. The van der Waals surface area contributed by atoms with Crippen LogP contribution in [0, 0.1) is 6.92 Å². The quantitative estimate of drug-likeness (QED) is 0.880. The molecule has 0 saturated carbocycles. The predicted octanol–water partition coefficient (Wildman–Crippen LogP) is 0.621. The smallest absolute Gasteiger partial charge is 0.260 e. The lowest BCUT2D eigenvalue weighted by Gasteiger charge is -2.30. The summed E-state index contributed by atoms with van der Waals surface area (Å²) in [5.74, 6) is 0.616. The Morgan fingerprint density at radius 2 is 1.90 bits per heavy atom. The van der Waals surface area contributed by atoms with Crippen LogP contribution in [-0.4, -0.2) is 49.2 Å². The first-order chi connectivity index (χ1) is 10.2. The van der Waals surface area contributed by atoms with Gasteiger partial charge >= 0.3 is 0 Å². The number of aryl methyl sites for hydroxylation is 1. The molecule has 2 aromatic rings. The number of aromatic nitrogens is 1. The van der Waals surface area contributed by atoms with Gasteiger partial charge in [-0.25, -0.2) is 0 Å². The Bertz CT molecular complexity index is 628. The minimum absolute atomic E-state index is 0.0279. The molecule has 0 atom stereocenters. The lowest BCUT2D eigenvalue weighted by atomic mass is 10.0. The first-order valence-electron chi connectivity index (χ1n) is 7.29. The molecule has 2 heterocycles. The van der Waals surface area contributed by atoms with E-state index in [0.29, 0.717) is 17.0 Å². The maximum atomic E-state index is 12.8. The third-order valence-corrected chi connectivity index (χ3v) is 4.03. The molecule has 1 aromatic heterocycles. The summed E-state index contributed by atoms with van der Waals surface area (Å²) in [6, 6.07) is 9.71. The number of amides is 1. The normalized spacial score (nSPS) is 16.2. The third kappa shape index (κ3) is 2.69. The van der Waals surface area contributed by atoms with Crippen LogP contribution in [0.2, 0.25) is 0 Å². The van der Waals surface area contributed by atoms with E-state index in [1.165, 1.54) is 4.90 Å². The van der Waals surface area contributed by atoms with Gasteiger partial charge in [-0.2, -0.15) is 0 Å². The Morgan fingerprint density at radius 3 is 2.57 bits per heavy atom. The van der Waals surface area contributed by atoms with Gasteiger partial charge in [0.2, 0.25) is 0 Å². The Hall–Kier alpha value is -2.14. The number of hydrogen-bond acceptors (Lipinski definition) is 3. The average molecular weight is 286 g/mol. The van der Waals surface area contributed by atoms with E-state index in [1.54, 1.807) is 6.92 Å². The summed E-state index contributed by atoms with van der Waals surface area (Å²) in [6.07, 6.45) is 0. The van der Waals surface area contributed by atoms with E-state index in [2.05, 4.69) is 12.2 Å². The molecule has 0 unspecified atom stereocenters. The summed E-state index contributed by atoms with van der Waals surface area (Å²) < 4.78 is 5.28. The number of quaternary nitrogens is 1. The highest BCUT2D eigenvalue weighted by Crippen LogP contribution is 2.26. The van der Waals surface area contributed by atoms with Crippen LogP contribution >= 0.6 is 0 Å². The van der Waals surface area contributed by atoms with Crippen molar-refractivity contribution in [2.75, 3.05) is 33.2 Å². The van der Waals surface area contributed by atoms with Crippen LogP contribution in [0.4, 0.5) is 0 Å². The summed E-state index contributed by atoms with van der Waals surface area (Å²) in [5, 5.41) is 4.09. The molecule has 1 aliphatic rings. The summed E-state index contributed by atoms with van der Waals surface area (Å²) in [5.41, 5.74) is 2.16. The summed E-state index contributed by atoms with van der Waals surface area (Å²) in [4.78, 5) is 16.2. The van der Waals surface area contributed by atoms with Crippen LogP contribution in [0.5, 0.6) is 0 Å². The number of nitrogens with one attached hydrogen (secondary N) is 1. The van der Waals surface area contributed by atoms with Gasteiger partial charge < -0.3 is 14.3 Å². The fourth-order valence-corrected chi connectivity index (χ4v) is 2.67. The van der Waals surface area contributed by atoms with Crippen molar-refractivity contribution in [1.29, 1.82) is 0 Å². The van der Waals surface area contributed by atoms with E-state index in [4.69, 9.17) is 4.52 Å². The molecule has 0 aliphatic carbocycles. The van der Waals surface area contributed by atoms with E-state index < -0.39 is 0 Å². The number of hydrogen-bond donors (Lipinski definition) is 1. The van der Waals surface area contributed by atoms with Gasteiger partial charge in [0.1, 0.15) is 17.0 Å². The van der Waals surface area contributed by atoms with E-state index in [9.17, 15) is 4.79 Å². The molecule has 0 spiro atoms. The molecule has 0 bridgehead atoms. The number of carbonyl (C=O) groups is 1. The van der Waals surface area contributed by atoms with E-state index >= 15 is 0 Å². The average Bonchev–Trinajstić information content (AvgIpc) is 2.90. The lowest BCUT2D eigenvalue weighted by Crippen LogP contribution is -3.12. The number of benzene rings is 1. The number of rotatable bonds is 2. The van der Waals surface area contributed by atoms with Gasteiger partial charge in [0.25, 0.3) is 5.91 Å². The van der Waals surface area contributed by atoms with Crippen LogP contribution < -0.4 is 4.90 Å². The molecule has 21 heavy (non-hydrogen) atoms. The van der Waals surface area contributed by atoms with Gasteiger partial charge in [0, 0.05) is 5.56 Å². The minimum atomic E-state index is 0.0279. The summed E-state index contributed by atoms with van der Waals surface area (Å²) in [6.45, 7) is 5.33. The highest BCUT2D eigenvalue weighted by atomic mass is 16.5. The fraction of sp³-hybridized carbons (Fsp3) is 0.375. The molecule has 1 amide bonds. The third-order valence-electron chi connectivity index (χ3n) is 4.03. The van der Waals surface area contributed by atoms with E-state index in [1.807, 2.05) is 35.2 Å². The van der Waals surface area contributed by atoms with Crippen LogP contribution in [0.25, 0.3) is 11.3 Å². The van der Waals surface area contributed by atoms with Gasteiger partial charge in [0.05, 0.1) is 33.2 Å². The fourth-order valence-electron chi connectivity index (χ4n) is 2.67. The molecule has 1 aliphatic heterocycles. The molecule has 1 saturated heterocycles. The highest BCUT2D eigenvalue weighted by molar-refractivity contribution is 6.00. The topological polar surface area (TPSA) is 50.8 Å². The zero-order chi connectivity index (χ0) is 14.8. The van der Waals surface area contributed by atoms with Crippen LogP contribution in [0.15, 0.2) is 34.9 Å². The SMILES string of the molecule is Cc1onc(-c2ccccc2)c1C(=O)N1CC[NH+](C)CC1. The molecule has 0 radical (unpaired) electrons. The van der Waals surface area contributed by atoms with E-state index in [0.717, 1.165) is 31.7 Å². The first kappa shape index (κ1) is 13.8. The summed E-state index contributed by atoms with van der Waals surface area (Å²) in [7, 11) is 2.15. The maximum absolute atomic E-state index is 12.8.